The number of hydrogen-bond donors (Lipinski definition) is 1. The summed E-state index contributed by atoms with van der Waals surface area (Å²) in [7, 11) is 0. The van der Waals surface area contributed by atoms with Crippen molar-refractivity contribution in [3.05, 3.63) is 57.7 Å². The highest BCUT2D eigenvalue weighted by atomic mass is 35.5. The Morgan fingerprint density at radius 1 is 1.35 bits per heavy atom. The summed E-state index contributed by atoms with van der Waals surface area (Å²) in [5.41, 5.74) is 1.27. The van der Waals surface area contributed by atoms with Crippen LogP contribution in [0, 0.1) is 5.92 Å². The highest BCUT2D eigenvalue weighted by molar-refractivity contribution is 6.30. The Balaban J connectivity index is 1.78. The van der Waals surface area contributed by atoms with Crippen LogP contribution in [0.4, 0.5) is 0 Å². The van der Waals surface area contributed by atoms with Gasteiger partial charge in [0.15, 0.2) is 5.65 Å². The zero-order valence-corrected chi connectivity index (χ0v) is 15.4. The maximum Gasteiger partial charge on any atom is 0.264 e. The third-order valence-electron chi connectivity index (χ3n) is 4.01. The molecule has 0 radical (unpaired) electrons. The van der Waals surface area contributed by atoms with Gasteiger partial charge in [0.05, 0.1) is 19.3 Å². The fraction of sp³-hybridized carbons (Fsp3) is 0.333. The van der Waals surface area contributed by atoms with Crippen LogP contribution in [0.3, 0.4) is 0 Å². The highest BCUT2D eigenvalue weighted by Crippen LogP contribution is 2.12. The van der Waals surface area contributed by atoms with Crippen LogP contribution in [0.5, 0.6) is 0 Å². The molecule has 0 spiro atoms. The average Bonchev–Trinajstić information content (AvgIpc) is 3.01. The van der Waals surface area contributed by atoms with E-state index in [0.717, 1.165) is 5.56 Å². The summed E-state index contributed by atoms with van der Waals surface area (Å²) in [5.74, 6) is -0.0838. The Hall–Kier alpha value is -2.67. The van der Waals surface area contributed by atoms with Gasteiger partial charge < -0.3 is 5.32 Å². The van der Waals surface area contributed by atoms with Crippen molar-refractivity contribution in [3.8, 4) is 0 Å². The second kappa shape index (κ2) is 7.70. The number of aromatic nitrogens is 4. The van der Waals surface area contributed by atoms with E-state index in [1.807, 2.05) is 32.0 Å². The van der Waals surface area contributed by atoms with Gasteiger partial charge in [-0.05, 0) is 17.7 Å². The SMILES string of the molecule is CC(C)C(=O)NCCn1ncc2c(=O)n(Cc3cccc(Cl)c3)cnc21. The molecule has 0 atom stereocenters. The number of rotatable bonds is 6. The van der Waals surface area contributed by atoms with Gasteiger partial charge in [0.2, 0.25) is 5.91 Å². The molecule has 0 aliphatic heterocycles. The lowest BCUT2D eigenvalue weighted by molar-refractivity contribution is -0.124. The van der Waals surface area contributed by atoms with Gasteiger partial charge in [0.25, 0.3) is 5.56 Å². The van der Waals surface area contributed by atoms with Gasteiger partial charge >= 0.3 is 0 Å². The molecule has 0 aliphatic carbocycles. The minimum Gasteiger partial charge on any atom is -0.354 e. The second-order valence-corrected chi connectivity index (χ2v) is 6.79. The fourth-order valence-corrected chi connectivity index (χ4v) is 2.81. The van der Waals surface area contributed by atoms with Crippen LogP contribution in [0.15, 0.2) is 41.6 Å². The van der Waals surface area contributed by atoms with Gasteiger partial charge in [-0.1, -0.05) is 37.6 Å². The largest absolute Gasteiger partial charge is 0.354 e. The quantitative estimate of drug-likeness (QED) is 0.717. The number of fused-ring (bicyclic) bond motifs is 1. The number of hydrogen-bond acceptors (Lipinski definition) is 4. The van der Waals surface area contributed by atoms with E-state index < -0.39 is 0 Å². The predicted molar refractivity (Wildman–Crippen MR) is 100 cm³/mol. The van der Waals surface area contributed by atoms with Gasteiger partial charge in [0.1, 0.15) is 11.7 Å². The molecule has 2 heterocycles. The first-order chi connectivity index (χ1) is 12.5. The smallest absolute Gasteiger partial charge is 0.264 e. The number of nitrogens with one attached hydrogen (secondary N) is 1. The van der Waals surface area contributed by atoms with Crippen molar-refractivity contribution in [1.82, 2.24) is 24.6 Å². The zero-order valence-electron chi connectivity index (χ0n) is 14.6. The molecule has 1 aromatic carbocycles. The van der Waals surface area contributed by atoms with Gasteiger partial charge in [-0.2, -0.15) is 5.10 Å². The summed E-state index contributed by atoms with van der Waals surface area (Å²) >= 11 is 5.99. The summed E-state index contributed by atoms with van der Waals surface area (Å²) in [6.07, 6.45) is 3.03. The predicted octanol–water partition coefficient (Wildman–Crippen LogP) is 2.07. The van der Waals surface area contributed by atoms with Crippen LogP contribution in [-0.4, -0.2) is 31.8 Å². The molecule has 0 saturated heterocycles. The number of carbonyl (C=O) groups is 1. The Labute approximate surface area is 155 Å². The van der Waals surface area contributed by atoms with E-state index in [2.05, 4.69) is 15.4 Å². The van der Waals surface area contributed by atoms with Crippen LogP contribution < -0.4 is 10.9 Å². The van der Waals surface area contributed by atoms with E-state index in [4.69, 9.17) is 11.6 Å². The number of nitrogens with zero attached hydrogens (tertiary/aromatic N) is 4. The lowest BCUT2D eigenvalue weighted by Gasteiger charge is -2.09. The van der Waals surface area contributed by atoms with Gasteiger partial charge in [0, 0.05) is 17.5 Å². The molecule has 0 aliphatic rings. The molecule has 8 heteroatoms. The van der Waals surface area contributed by atoms with Crippen molar-refractivity contribution in [2.24, 2.45) is 5.92 Å². The van der Waals surface area contributed by atoms with Crippen LogP contribution in [0.25, 0.3) is 11.0 Å². The Morgan fingerprint density at radius 3 is 2.88 bits per heavy atom. The van der Waals surface area contributed by atoms with E-state index >= 15 is 0 Å². The van der Waals surface area contributed by atoms with E-state index in [9.17, 15) is 9.59 Å². The van der Waals surface area contributed by atoms with Crippen LogP contribution >= 0.6 is 11.6 Å². The monoisotopic (exact) mass is 373 g/mol. The molecule has 1 N–H and O–H groups in total. The molecule has 0 saturated carbocycles. The lowest BCUT2D eigenvalue weighted by atomic mass is 10.2. The Kier molecular flexibility index (Phi) is 5.37. The summed E-state index contributed by atoms with van der Waals surface area (Å²) < 4.78 is 3.15. The number of halogens is 1. The average molecular weight is 374 g/mol. The molecule has 3 rings (SSSR count). The summed E-state index contributed by atoms with van der Waals surface area (Å²) in [5, 5.41) is 8.13. The normalized spacial score (nSPS) is 11.2. The number of carbonyl (C=O) groups excluding carboxylic acids is 1. The van der Waals surface area contributed by atoms with Crippen molar-refractivity contribution in [1.29, 1.82) is 0 Å². The molecule has 1 amide bonds. The summed E-state index contributed by atoms with van der Waals surface area (Å²) in [6.45, 7) is 4.94. The first kappa shape index (κ1) is 18.1. The highest BCUT2D eigenvalue weighted by Gasteiger charge is 2.11. The van der Waals surface area contributed by atoms with Gasteiger partial charge in [-0.3, -0.25) is 14.2 Å². The first-order valence-corrected chi connectivity index (χ1v) is 8.76. The maximum absolute atomic E-state index is 12.7. The number of benzene rings is 1. The molecular formula is C18H20ClN5O2. The number of amides is 1. The van der Waals surface area contributed by atoms with E-state index in [-0.39, 0.29) is 17.4 Å². The molecule has 26 heavy (non-hydrogen) atoms. The second-order valence-electron chi connectivity index (χ2n) is 6.36. The standard InChI is InChI=1S/C18H20ClN5O2/c1-12(2)17(25)20-6-7-24-16-15(9-22-24)18(26)23(11-21-16)10-13-4-3-5-14(19)8-13/h3-5,8-9,11-12H,6-7,10H2,1-2H3,(H,20,25). The zero-order chi connectivity index (χ0) is 18.7. The van der Waals surface area contributed by atoms with Crippen molar-refractivity contribution in [2.75, 3.05) is 6.54 Å². The van der Waals surface area contributed by atoms with Crippen LogP contribution in [0.1, 0.15) is 19.4 Å². The van der Waals surface area contributed by atoms with E-state index in [0.29, 0.717) is 35.7 Å². The van der Waals surface area contributed by atoms with E-state index in [1.165, 1.54) is 17.1 Å². The van der Waals surface area contributed by atoms with Gasteiger partial charge in [-0.15, -0.1) is 0 Å². The van der Waals surface area contributed by atoms with Crippen LogP contribution in [0.2, 0.25) is 5.02 Å². The van der Waals surface area contributed by atoms with Crippen molar-refractivity contribution >= 4 is 28.5 Å². The summed E-state index contributed by atoms with van der Waals surface area (Å²) in [4.78, 5) is 28.7. The molecular weight excluding hydrogens is 354 g/mol. The molecule has 2 aromatic heterocycles. The molecule has 0 fully saturated rings. The third-order valence-corrected chi connectivity index (χ3v) is 4.25. The third kappa shape index (κ3) is 3.94. The van der Waals surface area contributed by atoms with E-state index in [1.54, 1.807) is 10.7 Å². The van der Waals surface area contributed by atoms with Crippen molar-refractivity contribution in [2.45, 2.75) is 26.9 Å². The fourth-order valence-electron chi connectivity index (χ4n) is 2.59. The van der Waals surface area contributed by atoms with Crippen molar-refractivity contribution in [3.63, 3.8) is 0 Å². The molecule has 0 unspecified atom stereocenters. The maximum atomic E-state index is 12.7. The first-order valence-electron chi connectivity index (χ1n) is 8.39. The Bertz CT molecular complexity index is 993. The van der Waals surface area contributed by atoms with Gasteiger partial charge in [-0.25, -0.2) is 9.67 Å². The lowest BCUT2D eigenvalue weighted by Crippen LogP contribution is -2.31. The minimum absolute atomic E-state index is 0.0155. The summed E-state index contributed by atoms with van der Waals surface area (Å²) in [6, 6.07) is 7.36. The molecule has 3 aromatic rings. The van der Waals surface area contributed by atoms with Crippen LogP contribution in [-0.2, 0) is 17.9 Å². The minimum atomic E-state index is -0.160. The van der Waals surface area contributed by atoms with Crippen molar-refractivity contribution < 1.29 is 4.79 Å². The molecule has 0 bridgehead atoms. The molecule has 136 valence electrons. The Morgan fingerprint density at radius 2 is 2.15 bits per heavy atom. The molecule has 7 nitrogen and oxygen atoms in total. The topological polar surface area (TPSA) is 81.8 Å².